The molecule has 1 aliphatic rings. The molecule has 3 aromatic rings. The number of pyridine rings is 1. The van der Waals surface area contributed by atoms with Gasteiger partial charge in [0.1, 0.15) is 28.1 Å². The number of aromatic nitrogens is 1. The standard InChI is InChI=1S/C23H21N3O4S/c1-28-14-6-4-13(5-7-14)17-11-18(16-9-8-15(29-2)10-19(16)30-3)25-22(24)21(17)23-26-20(27)12-31-23/h4-11H,12H2,1-3H3,(H2,24,25). The Morgan fingerprint density at radius 1 is 0.903 bits per heavy atom. The topological polar surface area (TPSA) is 96.0 Å². The smallest absolute Gasteiger partial charge is 0.257 e. The van der Waals surface area contributed by atoms with Crippen molar-refractivity contribution in [2.75, 3.05) is 32.8 Å². The highest BCUT2D eigenvalue weighted by molar-refractivity contribution is 8.15. The van der Waals surface area contributed by atoms with Gasteiger partial charge in [-0.2, -0.15) is 0 Å². The van der Waals surface area contributed by atoms with Gasteiger partial charge < -0.3 is 19.9 Å². The Morgan fingerprint density at radius 2 is 1.61 bits per heavy atom. The van der Waals surface area contributed by atoms with E-state index in [0.29, 0.717) is 39.4 Å². The van der Waals surface area contributed by atoms with Crippen molar-refractivity contribution in [3.63, 3.8) is 0 Å². The number of amides is 1. The van der Waals surface area contributed by atoms with E-state index >= 15 is 0 Å². The average Bonchev–Trinajstić information content (AvgIpc) is 3.23. The minimum Gasteiger partial charge on any atom is -0.497 e. The van der Waals surface area contributed by atoms with Crippen molar-refractivity contribution in [2.45, 2.75) is 0 Å². The fourth-order valence-corrected chi connectivity index (χ4v) is 4.22. The van der Waals surface area contributed by atoms with Crippen LogP contribution in [0.25, 0.3) is 22.4 Å². The van der Waals surface area contributed by atoms with Crippen LogP contribution < -0.4 is 19.9 Å². The maximum atomic E-state index is 11.8. The van der Waals surface area contributed by atoms with Crippen molar-refractivity contribution >= 4 is 28.5 Å². The lowest BCUT2D eigenvalue weighted by molar-refractivity contribution is -0.115. The highest BCUT2D eigenvalue weighted by Gasteiger charge is 2.24. The summed E-state index contributed by atoms with van der Waals surface area (Å²) in [7, 11) is 4.81. The van der Waals surface area contributed by atoms with E-state index < -0.39 is 0 Å². The molecule has 8 heteroatoms. The lowest BCUT2D eigenvalue weighted by atomic mass is 9.97. The summed E-state index contributed by atoms with van der Waals surface area (Å²) in [6, 6.07) is 15.1. The fraction of sp³-hybridized carbons (Fsp3) is 0.174. The van der Waals surface area contributed by atoms with Crippen LogP contribution in [0.15, 0.2) is 53.5 Å². The molecular weight excluding hydrogens is 414 g/mol. The van der Waals surface area contributed by atoms with Crippen LogP contribution in [0, 0.1) is 0 Å². The van der Waals surface area contributed by atoms with Crippen LogP contribution in [0.5, 0.6) is 17.2 Å². The molecule has 4 rings (SSSR count). The second kappa shape index (κ2) is 8.69. The molecule has 0 radical (unpaired) electrons. The minimum absolute atomic E-state index is 0.180. The third-order valence-electron chi connectivity index (χ3n) is 4.91. The zero-order valence-corrected chi connectivity index (χ0v) is 18.2. The summed E-state index contributed by atoms with van der Waals surface area (Å²) in [5, 5.41) is 0.578. The number of nitrogen functional groups attached to an aromatic ring is 1. The Labute approximate surface area is 184 Å². The highest BCUT2D eigenvalue weighted by atomic mass is 32.2. The number of anilines is 1. The quantitative estimate of drug-likeness (QED) is 0.624. The van der Waals surface area contributed by atoms with Gasteiger partial charge in [0.15, 0.2) is 0 Å². The van der Waals surface area contributed by atoms with E-state index in [0.717, 1.165) is 22.4 Å². The molecule has 0 atom stereocenters. The Morgan fingerprint density at radius 3 is 2.23 bits per heavy atom. The predicted molar refractivity (Wildman–Crippen MR) is 123 cm³/mol. The van der Waals surface area contributed by atoms with Gasteiger partial charge in [-0.1, -0.05) is 23.9 Å². The summed E-state index contributed by atoms with van der Waals surface area (Å²) in [5.41, 5.74) is 10.2. The number of rotatable bonds is 6. The number of aliphatic imine (C=N–C) groups is 1. The van der Waals surface area contributed by atoms with E-state index in [-0.39, 0.29) is 5.91 Å². The molecule has 2 heterocycles. The zero-order valence-electron chi connectivity index (χ0n) is 17.3. The van der Waals surface area contributed by atoms with E-state index in [2.05, 4.69) is 9.98 Å². The molecule has 0 saturated heterocycles. The number of carbonyl (C=O) groups excluding carboxylic acids is 1. The molecule has 0 spiro atoms. The van der Waals surface area contributed by atoms with Crippen molar-refractivity contribution in [2.24, 2.45) is 4.99 Å². The number of hydrogen-bond acceptors (Lipinski definition) is 7. The Balaban J connectivity index is 1.93. The van der Waals surface area contributed by atoms with Crippen molar-refractivity contribution in [1.82, 2.24) is 4.98 Å². The molecule has 31 heavy (non-hydrogen) atoms. The van der Waals surface area contributed by atoms with Gasteiger partial charge in [-0.3, -0.25) is 4.79 Å². The highest BCUT2D eigenvalue weighted by Crippen LogP contribution is 2.39. The molecule has 0 fully saturated rings. The summed E-state index contributed by atoms with van der Waals surface area (Å²) in [4.78, 5) is 20.6. The second-order valence-corrected chi connectivity index (χ2v) is 7.67. The summed E-state index contributed by atoms with van der Waals surface area (Å²) >= 11 is 1.36. The first kappa shape index (κ1) is 20.7. The number of thioether (sulfide) groups is 1. The number of carbonyl (C=O) groups is 1. The molecule has 1 aromatic heterocycles. The Hall–Kier alpha value is -3.52. The average molecular weight is 436 g/mol. The SMILES string of the molecule is COc1ccc(-c2cc(-c3ccc(OC)cc3OC)nc(N)c2C2=NC(=O)CS2)cc1. The minimum atomic E-state index is -0.180. The number of ether oxygens (including phenoxy) is 3. The van der Waals surface area contributed by atoms with Crippen LogP contribution >= 0.6 is 11.8 Å². The van der Waals surface area contributed by atoms with E-state index in [1.165, 1.54) is 11.8 Å². The summed E-state index contributed by atoms with van der Waals surface area (Å²) in [6.45, 7) is 0. The number of methoxy groups -OCH3 is 3. The van der Waals surface area contributed by atoms with Crippen molar-refractivity contribution < 1.29 is 19.0 Å². The Bertz CT molecular complexity index is 1180. The largest absolute Gasteiger partial charge is 0.497 e. The number of nitrogens with two attached hydrogens (primary N) is 1. The van der Waals surface area contributed by atoms with Crippen LogP contribution in [-0.2, 0) is 4.79 Å². The van der Waals surface area contributed by atoms with Gasteiger partial charge in [-0.25, -0.2) is 9.98 Å². The molecule has 0 aliphatic carbocycles. The van der Waals surface area contributed by atoms with Gasteiger partial charge >= 0.3 is 0 Å². The first-order valence-electron chi connectivity index (χ1n) is 9.46. The maximum Gasteiger partial charge on any atom is 0.257 e. The maximum absolute atomic E-state index is 11.8. The lowest BCUT2D eigenvalue weighted by Crippen LogP contribution is -2.06. The third kappa shape index (κ3) is 4.06. The van der Waals surface area contributed by atoms with E-state index in [4.69, 9.17) is 19.9 Å². The third-order valence-corrected chi connectivity index (χ3v) is 5.87. The molecule has 7 nitrogen and oxygen atoms in total. The molecule has 1 amide bonds. The number of hydrogen-bond donors (Lipinski definition) is 1. The molecule has 0 bridgehead atoms. The van der Waals surface area contributed by atoms with Crippen molar-refractivity contribution in [3.8, 4) is 39.6 Å². The normalized spacial score (nSPS) is 13.1. The van der Waals surface area contributed by atoms with E-state index in [9.17, 15) is 4.79 Å². The molecule has 0 unspecified atom stereocenters. The van der Waals surface area contributed by atoms with Gasteiger partial charge in [-0.05, 0) is 41.5 Å². The van der Waals surface area contributed by atoms with Gasteiger partial charge in [-0.15, -0.1) is 0 Å². The van der Waals surface area contributed by atoms with Gasteiger partial charge in [0.25, 0.3) is 5.91 Å². The van der Waals surface area contributed by atoms with Gasteiger partial charge in [0.05, 0.1) is 38.3 Å². The number of nitrogens with zero attached hydrogens (tertiary/aromatic N) is 2. The fourth-order valence-electron chi connectivity index (χ4n) is 3.37. The molecule has 158 valence electrons. The number of benzene rings is 2. The molecule has 2 aromatic carbocycles. The van der Waals surface area contributed by atoms with Crippen LogP contribution in [0.2, 0.25) is 0 Å². The van der Waals surface area contributed by atoms with Crippen LogP contribution in [0.3, 0.4) is 0 Å². The first-order chi connectivity index (χ1) is 15.0. The summed E-state index contributed by atoms with van der Waals surface area (Å²) in [6.07, 6.45) is 0. The lowest BCUT2D eigenvalue weighted by Gasteiger charge is -2.16. The van der Waals surface area contributed by atoms with Crippen molar-refractivity contribution in [3.05, 3.63) is 54.1 Å². The molecule has 2 N–H and O–H groups in total. The van der Waals surface area contributed by atoms with E-state index in [1.54, 1.807) is 27.4 Å². The molecular formula is C23H21N3O4S. The second-order valence-electron chi connectivity index (χ2n) is 6.71. The summed E-state index contributed by atoms with van der Waals surface area (Å²) < 4.78 is 16.1. The van der Waals surface area contributed by atoms with E-state index in [1.807, 2.05) is 42.5 Å². The summed E-state index contributed by atoms with van der Waals surface area (Å²) in [5.74, 6) is 2.44. The molecule has 0 saturated carbocycles. The van der Waals surface area contributed by atoms with Crippen LogP contribution in [0.4, 0.5) is 5.82 Å². The van der Waals surface area contributed by atoms with Crippen molar-refractivity contribution in [1.29, 1.82) is 0 Å². The van der Waals surface area contributed by atoms with Crippen LogP contribution in [-0.4, -0.2) is 43.0 Å². The molecule has 1 aliphatic heterocycles. The first-order valence-corrected chi connectivity index (χ1v) is 10.4. The van der Waals surface area contributed by atoms with Gasteiger partial charge in [0.2, 0.25) is 0 Å². The Kier molecular flexibility index (Phi) is 5.81. The predicted octanol–water partition coefficient (Wildman–Crippen LogP) is 4.04. The van der Waals surface area contributed by atoms with Crippen LogP contribution in [0.1, 0.15) is 5.56 Å². The van der Waals surface area contributed by atoms with Gasteiger partial charge in [0, 0.05) is 11.6 Å². The zero-order chi connectivity index (χ0) is 22.0. The monoisotopic (exact) mass is 435 g/mol.